The van der Waals surface area contributed by atoms with Gasteiger partial charge in [0.1, 0.15) is 11.6 Å². The van der Waals surface area contributed by atoms with Gasteiger partial charge in [0, 0.05) is 6.42 Å². The Bertz CT molecular complexity index is 606. The number of nitrogens with one attached hydrogen (secondary N) is 1. The molecule has 1 aromatic carbocycles. The topological polar surface area (TPSA) is 33.6 Å². The SMILES string of the molecule is CCCc1n[nH]c(=S)n1Cc1ccc(F)c(Cl)c1. The number of aromatic nitrogens is 3. The van der Waals surface area contributed by atoms with Crippen molar-refractivity contribution in [2.45, 2.75) is 26.3 Å². The van der Waals surface area contributed by atoms with E-state index in [-0.39, 0.29) is 5.02 Å². The van der Waals surface area contributed by atoms with Gasteiger partial charge in [-0.2, -0.15) is 5.10 Å². The highest BCUT2D eigenvalue weighted by atomic mass is 35.5. The second kappa shape index (κ2) is 5.63. The van der Waals surface area contributed by atoms with Crippen molar-refractivity contribution in [2.24, 2.45) is 0 Å². The number of aromatic amines is 1. The quantitative estimate of drug-likeness (QED) is 0.869. The summed E-state index contributed by atoms with van der Waals surface area (Å²) in [6, 6.07) is 4.67. The average Bonchev–Trinajstić information content (AvgIpc) is 2.67. The molecular weight excluding hydrogens is 273 g/mol. The van der Waals surface area contributed by atoms with Crippen LogP contribution in [0.15, 0.2) is 18.2 Å². The number of benzene rings is 1. The van der Waals surface area contributed by atoms with E-state index < -0.39 is 5.82 Å². The molecule has 1 N–H and O–H groups in total. The number of halogens is 2. The van der Waals surface area contributed by atoms with Crippen molar-refractivity contribution in [1.29, 1.82) is 0 Å². The predicted molar refractivity (Wildman–Crippen MR) is 71.9 cm³/mol. The molecule has 0 atom stereocenters. The first-order valence-corrected chi connectivity index (χ1v) is 6.48. The first-order chi connectivity index (χ1) is 8.61. The van der Waals surface area contributed by atoms with Crippen LogP contribution in [0, 0.1) is 10.6 Å². The standard InChI is InChI=1S/C12H13ClFN3S/c1-2-3-11-15-16-12(18)17(11)7-8-4-5-10(14)9(13)6-8/h4-6H,2-3,7H2,1H3,(H,16,18). The summed E-state index contributed by atoms with van der Waals surface area (Å²) in [7, 11) is 0. The lowest BCUT2D eigenvalue weighted by molar-refractivity contribution is 0.626. The van der Waals surface area contributed by atoms with Crippen molar-refractivity contribution in [3.8, 4) is 0 Å². The van der Waals surface area contributed by atoms with Crippen molar-refractivity contribution in [1.82, 2.24) is 14.8 Å². The number of hydrogen-bond acceptors (Lipinski definition) is 2. The van der Waals surface area contributed by atoms with Gasteiger partial charge in [-0.3, -0.25) is 9.67 Å². The number of H-pyrrole nitrogens is 1. The summed E-state index contributed by atoms with van der Waals surface area (Å²) < 4.78 is 15.6. The summed E-state index contributed by atoms with van der Waals surface area (Å²) in [6.45, 7) is 2.63. The first kappa shape index (κ1) is 13.2. The fourth-order valence-corrected chi connectivity index (χ4v) is 2.17. The van der Waals surface area contributed by atoms with Crippen LogP contribution in [0.1, 0.15) is 24.7 Å². The molecule has 0 bridgehead atoms. The lowest BCUT2D eigenvalue weighted by atomic mass is 10.2. The largest absolute Gasteiger partial charge is 0.300 e. The van der Waals surface area contributed by atoms with Gasteiger partial charge in [0.25, 0.3) is 0 Å². The monoisotopic (exact) mass is 285 g/mol. The Labute approximate surface area is 115 Å². The van der Waals surface area contributed by atoms with Crippen molar-refractivity contribution in [3.63, 3.8) is 0 Å². The highest BCUT2D eigenvalue weighted by molar-refractivity contribution is 7.71. The fourth-order valence-electron chi connectivity index (χ4n) is 1.75. The molecule has 96 valence electrons. The smallest absolute Gasteiger partial charge is 0.195 e. The minimum atomic E-state index is -0.412. The molecule has 2 rings (SSSR count). The maximum absolute atomic E-state index is 13.1. The molecule has 2 aromatic rings. The van der Waals surface area contributed by atoms with E-state index in [1.54, 1.807) is 12.1 Å². The Morgan fingerprint density at radius 1 is 1.50 bits per heavy atom. The maximum Gasteiger partial charge on any atom is 0.195 e. The van der Waals surface area contributed by atoms with Gasteiger partial charge in [0.15, 0.2) is 4.77 Å². The number of hydrogen-bond donors (Lipinski definition) is 1. The summed E-state index contributed by atoms with van der Waals surface area (Å²) in [5.41, 5.74) is 0.899. The Morgan fingerprint density at radius 2 is 2.28 bits per heavy atom. The summed E-state index contributed by atoms with van der Waals surface area (Å²) >= 11 is 10.9. The van der Waals surface area contributed by atoms with Gasteiger partial charge >= 0.3 is 0 Å². The Hall–Kier alpha value is -1.20. The zero-order chi connectivity index (χ0) is 13.1. The molecule has 0 amide bonds. The molecule has 0 spiro atoms. The van der Waals surface area contributed by atoms with Gasteiger partial charge in [0.05, 0.1) is 11.6 Å². The van der Waals surface area contributed by atoms with Gasteiger partial charge in [-0.25, -0.2) is 4.39 Å². The second-order valence-corrected chi connectivity index (χ2v) is 4.82. The highest BCUT2D eigenvalue weighted by Crippen LogP contribution is 2.17. The van der Waals surface area contributed by atoms with Crippen LogP contribution < -0.4 is 0 Å². The van der Waals surface area contributed by atoms with Crippen LogP contribution in [0.4, 0.5) is 4.39 Å². The van der Waals surface area contributed by atoms with Crippen LogP contribution in [-0.4, -0.2) is 14.8 Å². The number of nitrogens with zero attached hydrogens (tertiary/aromatic N) is 2. The molecule has 1 aromatic heterocycles. The first-order valence-electron chi connectivity index (χ1n) is 5.69. The third-order valence-electron chi connectivity index (χ3n) is 2.64. The minimum absolute atomic E-state index is 0.125. The molecule has 0 radical (unpaired) electrons. The predicted octanol–water partition coefficient (Wildman–Crippen LogP) is 3.73. The summed E-state index contributed by atoms with van der Waals surface area (Å²) in [6.07, 6.45) is 1.84. The van der Waals surface area contributed by atoms with Crippen LogP contribution in [0.3, 0.4) is 0 Å². The minimum Gasteiger partial charge on any atom is -0.300 e. The zero-order valence-corrected chi connectivity index (χ0v) is 11.5. The molecule has 0 saturated carbocycles. The van der Waals surface area contributed by atoms with Crippen molar-refractivity contribution in [3.05, 3.63) is 45.2 Å². The Kier molecular flexibility index (Phi) is 4.14. The van der Waals surface area contributed by atoms with E-state index in [2.05, 4.69) is 17.1 Å². The lowest BCUT2D eigenvalue weighted by Gasteiger charge is -2.07. The van der Waals surface area contributed by atoms with Crippen molar-refractivity contribution < 1.29 is 4.39 Å². The zero-order valence-electron chi connectivity index (χ0n) is 9.91. The van der Waals surface area contributed by atoms with E-state index >= 15 is 0 Å². The second-order valence-electron chi connectivity index (χ2n) is 4.03. The summed E-state index contributed by atoms with van der Waals surface area (Å²) in [5, 5.41) is 7.08. The highest BCUT2D eigenvalue weighted by Gasteiger charge is 2.07. The summed E-state index contributed by atoms with van der Waals surface area (Å²) in [4.78, 5) is 0. The van der Waals surface area contributed by atoms with E-state index in [0.717, 1.165) is 24.2 Å². The van der Waals surface area contributed by atoms with E-state index in [1.807, 2.05) is 4.57 Å². The van der Waals surface area contributed by atoms with Gasteiger partial charge in [-0.1, -0.05) is 24.6 Å². The third-order valence-corrected chi connectivity index (χ3v) is 3.24. The molecule has 0 saturated heterocycles. The maximum atomic E-state index is 13.1. The van der Waals surface area contributed by atoms with Crippen molar-refractivity contribution >= 4 is 23.8 Å². The molecule has 18 heavy (non-hydrogen) atoms. The van der Waals surface area contributed by atoms with Gasteiger partial charge < -0.3 is 0 Å². The van der Waals surface area contributed by atoms with E-state index in [0.29, 0.717) is 11.3 Å². The molecule has 1 heterocycles. The van der Waals surface area contributed by atoms with Gasteiger partial charge in [0.2, 0.25) is 0 Å². The normalized spacial score (nSPS) is 10.8. The average molecular weight is 286 g/mol. The molecule has 0 aliphatic rings. The number of rotatable bonds is 4. The molecule has 0 aliphatic carbocycles. The molecule has 3 nitrogen and oxygen atoms in total. The van der Waals surface area contributed by atoms with Crippen LogP contribution in [0.25, 0.3) is 0 Å². The molecule has 6 heteroatoms. The lowest BCUT2D eigenvalue weighted by Crippen LogP contribution is -2.05. The molecule has 0 fully saturated rings. The summed E-state index contributed by atoms with van der Waals surface area (Å²) in [5.74, 6) is 0.493. The molecular formula is C12H13ClFN3S. The third kappa shape index (κ3) is 2.79. The van der Waals surface area contributed by atoms with Crippen LogP contribution in [0.5, 0.6) is 0 Å². The van der Waals surface area contributed by atoms with Crippen LogP contribution >= 0.6 is 23.8 Å². The Morgan fingerprint density at radius 3 is 2.94 bits per heavy atom. The van der Waals surface area contributed by atoms with Gasteiger partial charge in [-0.15, -0.1) is 0 Å². The Balaban J connectivity index is 2.30. The van der Waals surface area contributed by atoms with E-state index in [9.17, 15) is 4.39 Å². The van der Waals surface area contributed by atoms with Crippen molar-refractivity contribution in [2.75, 3.05) is 0 Å². The van der Waals surface area contributed by atoms with Crippen LogP contribution in [0.2, 0.25) is 5.02 Å². The van der Waals surface area contributed by atoms with E-state index in [1.165, 1.54) is 6.07 Å². The van der Waals surface area contributed by atoms with Crippen LogP contribution in [-0.2, 0) is 13.0 Å². The number of aryl methyl sites for hydroxylation is 1. The van der Waals surface area contributed by atoms with Gasteiger partial charge in [-0.05, 0) is 36.3 Å². The fraction of sp³-hybridized carbons (Fsp3) is 0.333. The molecule has 0 unspecified atom stereocenters. The van der Waals surface area contributed by atoms with E-state index in [4.69, 9.17) is 23.8 Å². The molecule has 0 aliphatic heterocycles.